The molecule has 0 fully saturated rings. The van der Waals surface area contributed by atoms with Crippen LogP contribution < -0.4 is 11.3 Å². The third-order valence-electron chi connectivity index (χ3n) is 2.97. The standard InChI is InChI=1S/C14H12Cl2F2N2/c15-9-5-4-8(6-10(9)16)7-13(20-19)14-11(17)2-1-3-12(14)18/h1-6,13,20H,7,19H2. The van der Waals surface area contributed by atoms with Crippen LogP contribution in [0.5, 0.6) is 0 Å². The van der Waals surface area contributed by atoms with E-state index in [4.69, 9.17) is 29.0 Å². The van der Waals surface area contributed by atoms with E-state index in [9.17, 15) is 8.78 Å². The summed E-state index contributed by atoms with van der Waals surface area (Å²) in [7, 11) is 0. The normalized spacial score (nSPS) is 12.4. The Morgan fingerprint density at radius 2 is 1.70 bits per heavy atom. The first-order valence-electron chi connectivity index (χ1n) is 5.87. The predicted octanol–water partition coefficient (Wildman–Crippen LogP) is 4.02. The fourth-order valence-electron chi connectivity index (χ4n) is 1.99. The number of halogens is 4. The Morgan fingerprint density at radius 1 is 1.05 bits per heavy atom. The summed E-state index contributed by atoms with van der Waals surface area (Å²) in [6.45, 7) is 0. The van der Waals surface area contributed by atoms with E-state index in [2.05, 4.69) is 5.43 Å². The quantitative estimate of drug-likeness (QED) is 0.660. The van der Waals surface area contributed by atoms with Crippen LogP contribution in [0.4, 0.5) is 8.78 Å². The molecular weight excluding hydrogens is 305 g/mol. The van der Waals surface area contributed by atoms with Crippen molar-refractivity contribution in [2.24, 2.45) is 5.84 Å². The second kappa shape index (κ2) is 6.50. The SMILES string of the molecule is NNC(Cc1ccc(Cl)c(Cl)c1)c1c(F)cccc1F. The van der Waals surface area contributed by atoms with Crippen molar-refractivity contribution in [3.8, 4) is 0 Å². The van der Waals surface area contributed by atoms with E-state index in [1.807, 2.05) is 0 Å². The van der Waals surface area contributed by atoms with E-state index in [0.29, 0.717) is 10.0 Å². The molecule has 0 saturated heterocycles. The average Bonchev–Trinajstić information content (AvgIpc) is 2.41. The smallest absolute Gasteiger partial charge is 0.130 e. The van der Waals surface area contributed by atoms with Crippen molar-refractivity contribution in [3.05, 3.63) is 69.2 Å². The van der Waals surface area contributed by atoms with E-state index in [1.54, 1.807) is 18.2 Å². The maximum absolute atomic E-state index is 13.8. The molecular formula is C14H12Cl2F2N2. The lowest BCUT2D eigenvalue weighted by molar-refractivity contribution is 0.473. The predicted molar refractivity (Wildman–Crippen MR) is 76.6 cm³/mol. The van der Waals surface area contributed by atoms with Crippen LogP contribution in [0.3, 0.4) is 0 Å². The fourth-order valence-corrected chi connectivity index (χ4v) is 2.31. The molecule has 0 spiro atoms. The molecule has 0 aliphatic rings. The van der Waals surface area contributed by atoms with Gasteiger partial charge in [-0.25, -0.2) is 8.78 Å². The summed E-state index contributed by atoms with van der Waals surface area (Å²) in [6.07, 6.45) is 0.283. The van der Waals surface area contributed by atoms with E-state index >= 15 is 0 Å². The summed E-state index contributed by atoms with van der Waals surface area (Å²) >= 11 is 11.7. The molecule has 2 aromatic carbocycles. The van der Waals surface area contributed by atoms with Gasteiger partial charge >= 0.3 is 0 Å². The highest BCUT2D eigenvalue weighted by molar-refractivity contribution is 6.42. The molecule has 0 aromatic heterocycles. The molecule has 0 aliphatic carbocycles. The Bertz CT molecular complexity index is 600. The lowest BCUT2D eigenvalue weighted by Crippen LogP contribution is -2.31. The number of rotatable bonds is 4. The summed E-state index contributed by atoms with van der Waals surface area (Å²) in [4.78, 5) is 0. The largest absolute Gasteiger partial charge is 0.271 e. The van der Waals surface area contributed by atoms with Crippen LogP contribution in [0.2, 0.25) is 10.0 Å². The van der Waals surface area contributed by atoms with Gasteiger partial charge in [0.1, 0.15) is 11.6 Å². The van der Waals surface area contributed by atoms with Crippen LogP contribution in [-0.4, -0.2) is 0 Å². The molecule has 0 aliphatic heterocycles. The molecule has 0 amide bonds. The number of benzene rings is 2. The van der Waals surface area contributed by atoms with Gasteiger partial charge in [-0.05, 0) is 36.2 Å². The number of hydrogen-bond donors (Lipinski definition) is 2. The molecule has 2 nitrogen and oxygen atoms in total. The molecule has 2 aromatic rings. The Kier molecular flexibility index (Phi) is 4.94. The van der Waals surface area contributed by atoms with Crippen LogP contribution >= 0.6 is 23.2 Å². The van der Waals surface area contributed by atoms with Crippen LogP contribution in [0.15, 0.2) is 36.4 Å². The Labute approximate surface area is 125 Å². The summed E-state index contributed by atoms with van der Waals surface area (Å²) in [5.41, 5.74) is 3.10. The first-order chi connectivity index (χ1) is 9.52. The summed E-state index contributed by atoms with van der Waals surface area (Å²) in [5.74, 6) is 4.13. The van der Waals surface area contributed by atoms with Crippen molar-refractivity contribution in [2.75, 3.05) is 0 Å². The molecule has 3 N–H and O–H groups in total. The highest BCUT2D eigenvalue weighted by Gasteiger charge is 2.19. The Balaban J connectivity index is 2.31. The van der Waals surface area contributed by atoms with Crippen molar-refractivity contribution in [3.63, 3.8) is 0 Å². The zero-order valence-electron chi connectivity index (χ0n) is 10.3. The van der Waals surface area contributed by atoms with E-state index < -0.39 is 17.7 Å². The molecule has 1 atom stereocenters. The van der Waals surface area contributed by atoms with Crippen molar-refractivity contribution in [2.45, 2.75) is 12.5 Å². The van der Waals surface area contributed by atoms with Crippen molar-refractivity contribution >= 4 is 23.2 Å². The zero-order chi connectivity index (χ0) is 14.7. The van der Waals surface area contributed by atoms with Gasteiger partial charge in [0.05, 0.1) is 16.1 Å². The van der Waals surface area contributed by atoms with Gasteiger partial charge in [0.2, 0.25) is 0 Å². The summed E-state index contributed by atoms with van der Waals surface area (Å²) < 4.78 is 27.5. The molecule has 0 bridgehead atoms. The fraction of sp³-hybridized carbons (Fsp3) is 0.143. The number of hydrazine groups is 1. The minimum Gasteiger partial charge on any atom is -0.271 e. The summed E-state index contributed by atoms with van der Waals surface area (Å²) in [6, 6.07) is 8.00. The van der Waals surface area contributed by atoms with Crippen molar-refractivity contribution in [1.29, 1.82) is 0 Å². The second-order valence-electron chi connectivity index (χ2n) is 4.31. The number of nitrogens with one attached hydrogen (secondary N) is 1. The van der Waals surface area contributed by atoms with Crippen molar-refractivity contribution in [1.82, 2.24) is 5.43 Å². The van der Waals surface area contributed by atoms with Gasteiger partial charge in [0, 0.05) is 5.56 Å². The van der Waals surface area contributed by atoms with Crippen LogP contribution in [0, 0.1) is 11.6 Å². The van der Waals surface area contributed by atoms with Crippen LogP contribution in [0.25, 0.3) is 0 Å². The van der Waals surface area contributed by atoms with Gasteiger partial charge in [0.15, 0.2) is 0 Å². The Hall–Kier alpha value is -1.20. The molecule has 0 radical (unpaired) electrons. The Morgan fingerprint density at radius 3 is 2.25 bits per heavy atom. The number of nitrogens with two attached hydrogens (primary N) is 1. The number of hydrogen-bond acceptors (Lipinski definition) is 2. The molecule has 6 heteroatoms. The van der Waals surface area contributed by atoms with Gasteiger partial charge < -0.3 is 0 Å². The first-order valence-corrected chi connectivity index (χ1v) is 6.62. The van der Waals surface area contributed by atoms with Crippen LogP contribution in [0.1, 0.15) is 17.2 Å². The van der Waals surface area contributed by atoms with Gasteiger partial charge in [-0.2, -0.15) is 0 Å². The minimum atomic E-state index is -0.701. The van der Waals surface area contributed by atoms with Gasteiger partial charge in [-0.15, -0.1) is 0 Å². The molecule has 2 rings (SSSR count). The van der Waals surface area contributed by atoms with E-state index in [0.717, 1.165) is 5.56 Å². The monoisotopic (exact) mass is 316 g/mol. The minimum absolute atomic E-state index is 0.0962. The molecule has 20 heavy (non-hydrogen) atoms. The summed E-state index contributed by atoms with van der Waals surface area (Å²) in [5, 5.41) is 0.804. The topological polar surface area (TPSA) is 38.0 Å². The third-order valence-corrected chi connectivity index (χ3v) is 3.71. The molecule has 0 saturated carbocycles. The highest BCUT2D eigenvalue weighted by Crippen LogP contribution is 2.27. The van der Waals surface area contributed by atoms with Gasteiger partial charge in [-0.3, -0.25) is 11.3 Å². The molecule has 0 heterocycles. The van der Waals surface area contributed by atoms with Gasteiger partial charge in [0.25, 0.3) is 0 Å². The van der Waals surface area contributed by atoms with Gasteiger partial charge in [-0.1, -0.05) is 35.3 Å². The van der Waals surface area contributed by atoms with E-state index in [1.165, 1.54) is 18.2 Å². The maximum Gasteiger partial charge on any atom is 0.130 e. The third kappa shape index (κ3) is 3.27. The zero-order valence-corrected chi connectivity index (χ0v) is 11.8. The molecule has 1 unspecified atom stereocenters. The first kappa shape index (κ1) is 15.2. The second-order valence-corrected chi connectivity index (χ2v) is 5.12. The van der Waals surface area contributed by atoms with E-state index in [-0.39, 0.29) is 12.0 Å². The highest BCUT2D eigenvalue weighted by atomic mass is 35.5. The average molecular weight is 317 g/mol. The molecule has 106 valence electrons. The van der Waals surface area contributed by atoms with Crippen LogP contribution in [-0.2, 0) is 6.42 Å². The van der Waals surface area contributed by atoms with Crippen molar-refractivity contribution < 1.29 is 8.78 Å². The lowest BCUT2D eigenvalue weighted by Gasteiger charge is -2.18. The maximum atomic E-state index is 13.8. The lowest BCUT2D eigenvalue weighted by atomic mass is 9.98.